The Hall–Kier alpha value is -3.16. The van der Waals surface area contributed by atoms with Gasteiger partial charge < -0.3 is 18.9 Å². The Kier molecular flexibility index (Phi) is 28.1. The first-order valence-corrected chi connectivity index (χ1v) is 14.4. The van der Waals surface area contributed by atoms with Crippen LogP contribution in [0.5, 0.6) is 0 Å². The minimum Gasteiger partial charge on any atom is -0.463 e. The molecule has 0 saturated carbocycles. The molecule has 0 unspecified atom stereocenters. The molecule has 0 fully saturated rings. The molecule has 40 heavy (non-hydrogen) atoms. The highest BCUT2D eigenvalue weighted by Crippen LogP contribution is 2.09. The van der Waals surface area contributed by atoms with Crippen LogP contribution < -0.4 is 0 Å². The van der Waals surface area contributed by atoms with Crippen LogP contribution in [0, 0.1) is 0 Å². The summed E-state index contributed by atoms with van der Waals surface area (Å²) in [5, 5.41) is 0. The molecule has 0 rings (SSSR count). The van der Waals surface area contributed by atoms with Crippen molar-refractivity contribution in [2.45, 2.75) is 104 Å². The molecule has 0 aromatic heterocycles. The van der Waals surface area contributed by atoms with Crippen LogP contribution in [0.2, 0.25) is 0 Å². The lowest BCUT2D eigenvalue weighted by molar-refractivity contribution is -0.139. The van der Waals surface area contributed by atoms with Gasteiger partial charge in [-0.3, -0.25) is 0 Å². The van der Waals surface area contributed by atoms with E-state index in [1.165, 1.54) is 12.2 Å². The second-order valence-corrected chi connectivity index (χ2v) is 9.53. The zero-order chi connectivity index (χ0) is 30.4. The Labute approximate surface area is 241 Å². The van der Waals surface area contributed by atoms with E-state index in [1.807, 2.05) is 0 Å². The first kappa shape index (κ1) is 39.0. The number of hydrogen-bond acceptors (Lipinski definition) is 8. The summed E-state index contributed by atoms with van der Waals surface area (Å²) >= 11 is 0. The van der Waals surface area contributed by atoms with E-state index >= 15 is 0 Å². The second-order valence-electron chi connectivity index (χ2n) is 9.53. The van der Waals surface area contributed by atoms with Gasteiger partial charge in [0.25, 0.3) is 0 Å². The Bertz CT molecular complexity index is 707. The molecular weight excluding hydrogens is 512 g/mol. The van der Waals surface area contributed by atoms with Crippen molar-refractivity contribution < 1.29 is 38.1 Å². The number of esters is 4. The maximum atomic E-state index is 11.1. The molecule has 0 aromatic rings. The smallest absolute Gasteiger partial charge is 0.333 e. The van der Waals surface area contributed by atoms with E-state index in [0.29, 0.717) is 37.6 Å². The molecule has 0 heterocycles. The van der Waals surface area contributed by atoms with Gasteiger partial charge in [-0.25, -0.2) is 19.2 Å². The lowest BCUT2D eigenvalue weighted by atomic mass is 10.1. The first-order valence-electron chi connectivity index (χ1n) is 14.4. The largest absolute Gasteiger partial charge is 0.463 e. The lowest BCUT2D eigenvalue weighted by Crippen LogP contribution is -2.06. The van der Waals surface area contributed by atoms with Crippen LogP contribution >= 0.6 is 0 Å². The Morgan fingerprint density at radius 2 is 0.675 bits per heavy atom. The summed E-state index contributed by atoms with van der Waals surface area (Å²) in [6.07, 6.45) is 17.1. The molecule has 0 aliphatic carbocycles. The van der Waals surface area contributed by atoms with Crippen molar-refractivity contribution in [3.63, 3.8) is 0 Å². The fraction of sp³-hybridized carbons (Fsp3) is 0.625. The lowest BCUT2D eigenvalue weighted by Gasteiger charge is -2.05. The highest BCUT2D eigenvalue weighted by molar-refractivity contribution is 5.87. The predicted molar refractivity (Wildman–Crippen MR) is 158 cm³/mol. The summed E-state index contributed by atoms with van der Waals surface area (Å²) in [5.74, 6) is -1.32. The highest BCUT2D eigenvalue weighted by atomic mass is 16.5. The van der Waals surface area contributed by atoms with Gasteiger partial charge in [-0.05, 0) is 39.5 Å². The molecule has 0 N–H and O–H groups in total. The Morgan fingerprint density at radius 1 is 0.450 bits per heavy atom. The van der Waals surface area contributed by atoms with Gasteiger partial charge in [-0.2, -0.15) is 0 Å². The molecule has 0 radical (unpaired) electrons. The summed E-state index contributed by atoms with van der Waals surface area (Å²) in [6.45, 7) is 18.9. The monoisotopic (exact) mass is 564 g/mol. The molecular formula is C32H52O8. The number of unbranched alkanes of at least 4 members (excludes halogenated alkanes) is 12. The Balaban J connectivity index is 0. The summed E-state index contributed by atoms with van der Waals surface area (Å²) in [4.78, 5) is 43.7. The third kappa shape index (κ3) is 29.4. The molecule has 8 heteroatoms. The van der Waals surface area contributed by atoms with E-state index in [-0.39, 0.29) is 23.9 Å². The summed E-state index contributed by atoms with van der Waals surface area (Å²) in [7, 11) is 0. The zero-order valence-electron chi connectivity index (χ0n) is 25.0. The molecule has 0 amide bonds. The SMILES string of the molecule is C=C(C)C(=O)OCCCCCCCCCOC(=O)C(=C)C.C=CC(=O)OCCCCCCCCCOC(=O)C=C. The maximum Gasteiger partial charge on any atom is 0.333 e. The van der Waals surface area contributed by atoms with Crippen LogP contribution in [0.3, 0.4) is 0 Å². The van der Waals surface area contributed by atoms with E-state index in [0.717, 1.165) is 89.9 Å². The number of ether oxygens (including phenoxy) is 4. The maximum absolute atomic E-state index is 11.1. The van der Waals surface area contributed by atoms with Gasteiger partial charge in [-0.15, -0.1) is 0 Å². The third-order valence-corrected chi connectivity index (χ3v) is 5.56. The van der Waals surface area contributed by atoms with Crippen molar-refractivity contribution in [3.05, 3.63) is 49.6 Å². The predicted octanol–water partition coefficient (Wildman–Crippen LogP) is 7.13. The van der Waals surface area contributed by atoms with E-state index in [1.54, 1.807) is 13.8 Å². The molecule has 0 spiro atoms. The first-order chi connectivity index (χ1) is 19.1. The van der Waals surface area contributed by atoms with Crippen LogP contribution in [-0.2, 0) is 38.1 Å². The van der Waals surface area contributed by atoms with Crippen LogP contribution in [0.1, 0.15) is 104 Å². The molecule has 228 valence electrons. The van der Waals surface area contributed by atoms with E-state index in [2.05, 4.69) is 26.3 Å². The quantitative estimate of drug-likeness (QED) is 0.0527. The van der Waals surface area contributed by atoms with Crippen molar-refractivity contribution in [2.24, 2.45) is 0 Å². The second kappa shape index (κ2) is 28.8. The molecule has 8 nitrogen and oxygen atoms in total. The molecule has 0 aromatic carbocycles. The van der Waals surface area contributed by atoms with Gasteiger partial charge in [0.1, 0.15) is 0 Å². The summed E-state index contributed by atoms with van der Waals surface area (Å²) < 4.78 is 19.8. The minimum absolute atomic E-state index is 0.306. The molecule has 0 aliphatic heterocycles. The van der Waals surface area contributed by atoms with Crippen LogP contribution in [-0.4, -0.2) is 50.3 Å². The van der Waals surface area contributed by atoms with Crippen LogP contribution in [0.15, 0.2) is 49.6 Å². The van der Waals surface area contributed by atoms with Crippen molar-refractivity contribution in [1.82, 2.24) is 0 Å². The van der Waals surface area contributed by atoms with Crippen molar-refractivity contribution in [1.29, 1.82) is 0 Å². The van der Waals surface area contributed by atoms with Gasteiger partial charge in [0, 0.05) is 23.3 Å². The highest BCUT2D eigenvalue weighted by Gasteiger charge is 2.03. The van der Waals surface area contributed by atoms with E-state index in [4.69, 9.17) is 18.9 Å². The zero-order valence-corrected chi connectivity index (χ0v) is 25.0. The number of rotatable bonds is 24. The number of hydrogen-bond donors (Lipinski definition) is 0. The molecule has 0 aliphatic rings. The van der Waals surface area contributed by atoms with E-state index in [9.17, 15) is 19.2 Å². The van der Waals surface area contributed by atoms with Gasteiger partial charge in [0.15, 0.2) is 0 Å². The van der Waals surface area contributed by atoms with Crippen molar-refractivity contribution >= 4 is 23.9 Å². The van der Waals surface area contributed by atoms with Gasteiger partial charge in [-0.1, -0.05) is 90.5 Å². The van der Waals surface area contributed by atoms with E-state index < -0.39 is 0 Å². The van der Waals surface area contributed by atoms with Gasteiger partial charge >= 0.3 is 23.9 Å². The van der Waals surface area contributed by atoms with Crippen LogP contribution in [0.25, 0.3) is 0 Å². The number of carbonyl (C=O) groups excluding carboxylic acids is 4. The summed E-state index contributed by atoms with van der Waals surface area (Å²) in [5.41, 5.74) is 0.893. The molecule has 0 bridgehead atoms. The normalized spacial score (nSPS) is 9.85. The topological polar surface area (TPSA) is 105 Å². The average molecular weight is 565 g/mol. The van der Waals surface area contributed by atoms with Crippen molar-refractivity contribution in [2.75, 3.05) is 26.4 Å². The van der Waals surface area contributed by atoms with Gasteiger partial charge in [0.2, 0.25) is 0 Å². The van der Waals surface area contributed by atoms with Crippen LogP contribution in [0.4, 0.5) is 0 Å². The average Bonchev–Trinajstić information content (AvgIpc) is 2.93. The summed E-state index contributed by atoms with van der Waals surface area (Å²) in [6, 6.07) is 0. The third-order valence-electron chi connectivity index (χ3n) is 5.56. The number of carbonyl (C=O) groups is 4. The fourth-order valence-corrected chi connectivity index (χ4v) is 3.22. The molecule has 0 atom stereocenters. The van der Waals surface area contributed by atoms with Crippen molar-refractivity contribution in [3.8, 4) is 0 Å². The minimum atomic E-state index is -0.353. The van der Waals surface area contributed by atoms with Gasteiger partial charge in [0.05, 0.1) is 26.4 Å². The Morgan fingerprint density at radius 3 is 0.900 bits per heavy atom. The standard InChI is InChI=1S/C17H28O4.C15H24O4/c1-14(2)16(18)20-12-10-8-6-5-7-9-11-13-21-17(19)15(3)4;1-3-14(16)18-12-10-8-6-5-7-9-11-13-19-15(17)4-2/h1,3,5-13H2,2,4H3;3-4H,1-2,5-13H2. The fourth-order valence-electron chi connectivity index (χ4n) is 3.22. The molecule has 0 saturated heterocycles.